The van der Waals surface area contributed by atoms with Crippen molar-refractivity contribution in [1.82, 2.24) is 5.32 Å². The van der Waals surface area contributed by atoms with Crippen molar-refractivity contribution in [2.45, 2.75) is 19.0 Å². The number of alkyl halides is 3. The van der Waals surface area contributed by atoms with Crippen LogP contribution in [0.2, 0.25) is 0 Å². The summed E-state index contributed by atoms with van der Waals surface area (Å²) in [4.78, 5) is 0. The lowest BCUT2D eigenvalue weighted by Gasteiger charge is -2.24. The number of nitrogens with one attached hydrogen (secondary N) is 1. The topological polar surface area (TPSA) is 12.0 Å². The molecule has 2 aliphatic rings. The summed E-state index contributed by atoms with van der Waals surface area (Å²) < 4.78 is 37.3. The molecule has 0 aromatic carbocycles. The van der Waals surface area contributed by atoms with Gasteiger partial charge in [0.1, 0.15) is 0 Å². The lowest BCUT2D eigenvalue weighted by atomic mass is 9.96. The maximum Gasteiger partial charge on any atom is 0.416 e. The van der Waals surface area contributed by atoms with Gasteiger partial charge in [0, 0.05) is 19.0 Å². The van der Waals surface area contributed by atoms with Crippen LogP contribution in [0.5, 0.6) is 0 Å². The van der Waals surface area contributed by atoms with E-state index < -0.39 is 11.7 Å². The number of rotatable bonds is 2. The normalized spacial score (nSPS) is 22.9. The average Bonchev–Trinajstić information content (AvgIpc) is 2.14. The second kappa shape index (κ2) is 4.45. The molecule has 2 rings (SSSR count). The lowest BCUT2D eigenvalue weighted by molar-refractivity contribution is -0.0886. The van der Waals surface area contributed by atoms with Crippen molar-refractivity contribution in [3.8, 4) is 0 Å². The highest BCUT2D eigenvalue weighted by atomic mass is 19.4. The molecular weight excluding hydrogens is 215 g/mol. The highest BCUT2D eigenvalue weighted by Gasteiger charge is 2.32. The highest BCUT2D eigenvalue weighted by molar-refractivity contribution is 5.36. The average molecular weight is 229 g/mol. The van der Waals surface area contributed by atoms with Crippen LogP contribution < -0.4 is 5.32 Å². The summed E-state index contributed by atoms with van der Waals surface area (Å²) in [6.07, 6.45) is 3.34. The molecule has 0 radical (unpaired) electrons. The number of allylic oxidation sites excluding steroid dienone is 5. The maximum atomic E-state index is 12.4. The molecule has 1 heterocycles. The van der Waals surface area contributed by atoms with E-state index in [0.717, 1.165) is 18.7 Å². The van der Waals surface area contributed by atoms with Crippen LogP contribution in [0.25, 0.3) is 0 Å². The largest absolute Gasteiger partial charge is 0.416 e. The Kier molecular flexibility index (Phi) is 3.19. The number of hydrogen-bond donors (Lipinski definition) is 1. The first-order valence-electron chi connectivity index (χ1n) is 5.42. The number of hydrogen-bond acceptors (Lipinski definition) is 1. The van der Waals surface area contributed by atoms with Crippen molar-refractivity contribution in [3.63, 3.8) is 0 Å². The van der Waals surface area contributed by atoms with Crippen LogP contribution in [0.15, 0.2) is 35.5 Å². The van der Waals surface area contributed by atoms with Gasteiger partial charge in [0.25, 0.3) is 0 Å². The first-order valence-corrected chi connectivity index (χ1v) is 5.42. The van der Waals surface area contributed by atoms with Crippen molar-refractivity contribution in [1.29, 1.82) is 0 Å². The van der Waals surface area contributed by atoms with Crippen molar-refractivity contribution in [2.24, 2.45) is 5.92 Å². The lowest BCUT2D eigenvalue weighted by Crippen LogP contribution is -2.40. The Labute approximate surface area is 92.7 Å². The zero-order valence-electron chi connectivity index (χ0n) is 8.85. The molecular formula is C12H14F3N. The molecule has 16 heavy (non-hydrogen) atoms. The molecule has 1 nitrogen and oxygen atoms in total. The predicted molar refractivity (Wildman–Crippen MR) is 57.0 cm³/mol. The molecule has 0 saturated carbocycles. The maximum absolute atomic E-state index is 12.4. The minimum atomic E-state index is -4.21. The summed E-state index contributed by atoms with van der Waals surface area (Å²) in [5.74, 6) is 0.487. The van der Waals surface area contributed by atoms with E-state index in [1.807, 2.05) is 12.2 Å². The highest BCUT2D eigenvalue weighted by Crippen LogP contribution is 2.32. The van der Waals surface area contributed by atoms with E-state index in [2.05, 4.69) is 5.32 Å². The summed E-state index contributed by atoms with van der Waals surface area (Å²) in [5, 5.41) is 3.12. The Balaban J connectivity index is 2.02. The van der Waals surface area contributed by atoms with E-state index in [1.54, 1.807) is 0 Å². The van der Waals surface area contributed by atoms with E-state index in [-0.39, 0.29) is 0 Å². The van der Waals surface area contributed by atoms with Crippen molar-refractivity contribution < 1.29 is 13.2 Å². The molecule has 0 amide bonds. The van der Waals surface area contributed by atoms with E-state index in [1.165, 1.54) is 12.2 Å². The van der Waals surface area contributed by atoms with E-state index in [9.17, 15) is 13.2 Å². The Bertz CT molecular complexity index is 346. The van der Waals surface area contributed by atoms with E-state index in [4.69, 9.17) is 0 Å². The fraction of sp³-hybridized carbons (Fsp3) is 0.500. The van der Waals surface area contributed by atoms with Crippen molar-refractivity contribution in [2.75, 3.05) is 13.1 Å². The molecule has 1 N–H and O–H groups in total. The fourth-order valence-corrected chi connectivity index (χ4v) is 1.76. The Morgan fingerprint density at radius 2 is 2.06 bits per heavy atom. The molecule has 0 bridgehead atoms. The minimum Gasteiger partial charge on any atom is -0.315 e. The number of halogens is 3. The first kappa shape index (κ1) is 11.5. The summed E-state index contributed by atoms with van der Waals surface area (Å²) in [6.45, 7) is 1.87. The summed E-state index contributed by atoms with van der Waals surface area (Å²) in [6, 6.07) is 0. The van der Waals surface area contributed by atoms with Gasteiger partial charge in [0.05, 0.1) is 5.57 Å². The molecule has 0 unspecified atom stereocenters. The Hall–Kier alpha value is -1.03. The molecule has 0 aromatic heterocycles. The van der Waals surface area contributed by atoms with Gasteiger partial charge in [0.15, 0.2) is 0 Å². The van der Waals surface area contributed by atoms with E-state index in [0.29, 0.717) is 18.8 Å². The SMILES string of the molecule is FC(F)(F)C1=CCCC(/C=C/C2CNC2)=C1. The van der Waals surface area contributed by atoms with Gasteiger partial charge in [0.2, 0.25) is 0 Å². The molecule has 1 aliphatic heterocycles. The fourth-order valence-electron chi connectivity index (χ4n) is 1.76. The molecule has 0 spiro atoms. The third-order valence-electron chi connectivity index (χ3n) is 2.86. The van der Waals surface area contributed by atoms with Gasteiger partial charge in [-0.15, -0.1) is 0 Å². The first-order chi connectivity index (χ1) is 7.55. The van der Waals surface area contributed by atoms with Crippen molar-refractivity contribution in [3.05, 3.63) is 35.5 Å². The Morgan fingerprint density at radius 3 is 2.62 bits per heavy atom. The molecule has 4 heteroatoms. The third-order valence-corrected chi connectivity index (χ3v) is 2.86. The van der Waals surface area contributed by atoms with Crippen LogP contribution in [-0.4, -0.2) is 19.3 Å². The summed E-state index contributed by atoms with van der Waals surface area (Å²) in [5.41, 5.74) is 0.270. The van der Waals surface area contributed by atoms with Crippen LogP contribution in [-0.2, 0) is 0 Å². The second-order valence-electron chi connectivity index (χ2n) is 4.19. The smallest absolute Gasteiger partial charge is 0.315 e. The zero-order chi connectivity index (χ0) is 11.6. The van der Waals surface area contributed by atoms with Crippen LogP contribution >= 0.6 is 0 Å². The van der Waals surface area contributed by atoms with Gasteiger partial charge in [-0.1, -0.05) is 18.2 Å². The van der Waals surface area contributed by atoms with Gasteiger partial charge < -0.3 is 5.32 Å². The molecule has 0 aromatic rings. The predicted octanol–water partition coefficient (Wildman–Crippen LogP) is 2.97. The van der Waals surface area contributed by atoms with Gasteiger partial charge >= 0.3 is 6.18 Å². The van der Waals surface area contributed by atoms with Crippen LogP contribution in [0.3, 0.4) is 0 Å². The summed E-state index contributed by atoms with van der Waals surface area (Å²) >= 11 is 0. The standard InChI is InChI=1S/C12H14F3N/c13-12(14,15)11-3-1-2-9(6-11)4-5-10-7-16-8-10/h3-6,10,16H,1-2,7-8H2/b5-4+. The zero-order valence-corrected chi connectivity index (χ0v) is 8.85. The summed E-state index contributed by atoms with van der Waals surface area (Å²) in [7, 11) is 0. The van der Waals surface area contributed by atoms with Crippen LogP contribution in [0, 0.1) is 5.92 Å². The van der Waals surface area contributed by atoms with Gasteiger partial charge in [-0.2, -0.15) is 13.2 Å². The molecule has 1 aliphatic carbocycles. The molecule has 1 fully saturated rings. The van der Waals surface area contributed by atoms with Crippen molar-refractivity contribution >= 4 is 0 Å². The van der Waals surface area contributed by atoms with Gasteiger partial charge in [-0.3, -0.25) is 0 Å². The third kappa shape index (κ3) is 2.76. The van der Waals surface area contributed by atoms with Gasteiger partial charge in [-0.25, -0.2) is 0 Å². The monoisotopic (exact) mass is 229 g/mol. The molecule has 1 saturated heterocycles. The second-order valence-corrected chi connectivity index (χ2v) is 4.19. The molecule has 88 valence electrons. The van der Waals surface area contributed by atoms with E-state index >= 15 is 0 Å². The quantitative estimate of drug-likeness (QED) is 0.767. The Morgan fingerprint density at radius 1 is 1.31 bits per heavy atom. The minimum absolute atomic E-state index is 0.480. The van der Waals surface area contributed by atoms with Crippen LogP contribution in [0.1, 0.15) is 12.8 Å². The van der Waals surface area contributed by atoms with Gasteiger partial charge in [-0.05, 0) is 24.5 Å². The van der Waals surface area contributed by atoms with Crippen LogP contribution in [0.4, 0.5) is 13.2 Å². The molecule has 0 atom stereocenters.